The van der Waals surface area contributed by atoms with Crippen molar-refractivity contribution in [1.29, 1.82) is 0 Å². The molecular weight excluding hydrogens is 232 g/mol. The third-order valence-electron chi connectivity index (χ3n) is 1.99. The molecule has 0 amide bonds. The van der Waals surface area contributed by atoms with Gasteiger partial charge in [-0.1, -0.05) is 0 Å². The summed E-state index contributed by atoms with van der Waals surface area (Å²) in [6, 6.07) is 2.67. The van der Waals surface area contributed by atoms with Crippen molar-refractivity contribution in [2.45, 2.75) is 17.9 Å². The van der Waals surface area contributed by atoms with Crippen molar-refractivity contribution in [2.24, 2.45) is 0 Å². The van der Waals surface area contributed by atoms with Crippen LogP contribution in [0.2, 0.25) is 0 Å². The van der Waals surface area contributed by atoms with Gasteiger partial charge in [0.25, 0.3) is 0 Å². The van der Waals surface area contributed by atoms with E-state index in [9.17, 15) is 8.78 Å². The number of aliphatic hydroxyl groups excluding tert-OH is 1. The number of aliphatic hydroxyl groups is 1. The van der Waals surface area contributed by atoms with E-state index in [0.717, 1.165) is 11.8 Å². The fourth-order valence-electron chi connectivity index (χ4n) is 1.30. The van der Waals surface area contributed by atoms with Crippen LogP contribution in [0.1, 0.15) is 12.0 Å². The number of hydrogen-bond acceptors (Lipinski definition) is 3. The highest BCUT2D eigenvalue weighted by Gasteiger charge is 2.11. The van der Waals surface area contributed by atoms with E-state index >= 15 is 0 Å². The number of thioether (sulfide) groups is 1. The molecule has 5 heteroatoms. The fourth-order valence-corrected chi connectivity index (χ4v) is 2.17. The van der Waals surface area contributed by atoms with E-state index in [4.69, 9.17) is 5.11 Å². The van der Waals surface area contributed by atoms with Crippen LogP contribution in [0.4, 0.5) is 8.78 Å². The molecule has 0 heterocycles. The van der Waals surface area contributed by atoms with Gasteiger partial charge in [-0.3, -0.25) is 0 Å². The second-order valence-corrected chi connectivity index (χ2v) is 4.45. The fraction of sp³-hybridized carbons (Fsp3) is 0.455. The predicted molar refractivity (Wildman–Crippen MR) is 61.5 cm³/mol. The molecule has 0 fully saturated rings. The lowest BCUT2D eigenvalue weighted by molar-refractivity contribution is 0.296. The Kier molecular flexibility index (Phi) is 5.73. The van der Waals surface area contributed by atoms with Crippen LogP contribution in [0.25, 0.3) is 0 Å². The van der Waals surface area contributed by atoms with Gasteiger partial charge in [0.1, 0.15) is 11.6 Å². The molecule has 0 spiro atoms. The zero-order chi connectivity index (χ0) is 12.0. The summed E-state index contributed by atoms with van der Waals surface area (Å²) in [6.07, 6.45) is 0.530. The summed E-state index contributed by atoms with van der Waals surface area (Å²) in [5, 5.41) is 11.4. The molecule has 0 bridgehead atoms. The first-order valence-corrected chi connectivity index (χ1v) is 6.03. The van der Waals surface area contributed by atoms with Gasteiger partial charge in [-0.25, -0.2) is 8.78 Å². The molecule has 0 aliphatic carbocycles. The van der Waals surface area contributed by atoms with Crippen LogP contribution in [-0.2, 0) is 6.54 Å². The third kappa shape index (κ3) is 3.73. The van der Waals surface area contributed by atoms with Gasteiger partial charge in [-0.2, -0.15) is 0 Å². The Bertz CT molecular complexity index is 324. The van der Waals surface area contributed by atoms with Crippen molar-refractivity contribution >= 4 is 11.8 Å². The first-order chi connectivity index (χ1) is 7.69. The molecule has 1 aromatic carbocycles. The highest BCUT2D eigenvalue weighted by Crippen LogP contribution is 2.26. The summed E-state index contributed by atoms with van der Waals surface area (Å²) >= 11 is 1.09. The molecule has 0 radical (unpaired) electrons. The minimum absolute atomic E-state index is 0.0355. The summed E-state index contributed by atoms with van der Waals surface area (Å²) in [5.41, 5.74) is 0.587. The van der Waals surface area contributed by atoms with Crippen LogP contribution in [0.3, 0.4) is 0 Å². The van der Waals surface area contributed by atoms with Gasteiger partial charge in [0, 0.05) is 18.9 Å². The number of hydrogen-bond donors (Lipinski definition) is 2. The molecule has 0 aliphatic rings. The molecule has 1 aromatic rings. The van der Waals surface area contributed by atoms with Crippen LogP contribution in [0, 0.1) is 11.6 Å². The Morgan fingerprint density at radius 3 is 2.44 bits per heavy atom. The highest BCUT2D eigenvalue weighted by atomic mass is 32.2. The Balaban J connectivity index is 2.77. The predicted octanol–water partition coefficient (Wildman–Crippen LogP) is 2.16. The normalized spacial score (nSPS) is 10.8. The standard InChI is InChI=1S/C11H15F2NOS/c1-14-7-8-5-9(12)11(10(13)6-8)16-4-2-3-15/h5-6,14-15H,2-4,7H2,1H3. The number of nitrogens with one attached hydrogen (secondary N) is 1. The molecule has 0 atom stereocenters. The van der Waals surface area contributed by atoms with Crippen molar-refractivity contribution in [3.05, 3.63) is 29.3 Å². The van der Waals surface area contributed by atoms with Crippen LogP contribution in [0.15, 0.2) is 17.0 Å². The van der Waals surface area contributed by atoms with Gasteiger partial charge in [0.05, 0.1) is 4.90 Å². The lowest BCUT2D eigenvalue weighted by atomic mass is 10.2. The van der Waals surface area contributed by atoms with Crippen molar-refractivity contribution in [1.82, 2.24) is 5.32 Å². The highest BCUT2D eigenvalue weighted by molar-refractivity contribution is 7.99. The Morgan fingerprint density at radius 1 is 1.31 bits per heavy atom. The van der Waals surface area contributed by atoms with Gasteiger partial charge in [0.2, 0.25) is 0 Å². The van der Waals surface area contributed by atoms with Gasteiger partial charge in [-0.05, 0) is 31.2 Å². The zero-order valence-electron chi connectivity index (χ0n) is 9.09. The van der Waals surface area contributed by atoms with Gasteiger partial charge in [-0.15, -0.1) is 11.8 Å². The van der Waals surface area contributed by atoms with E-state index in [1.165, 1.54) is 12.1 Å². The number of rotatable bonds is 6. The van der Waals surface area contributed by atoms with Crippen LogP contribution in [0.5, 0.6) is 0 Å². The van der Waals surface area contributed by atoms with Gasteiger partial charge in [0.15, 0.2) is 0 Å². The van der Waals surface area contributed by atoms with Crippen molar-refractivity contribution in [3.63, 3.8) is 0 Å². The molecule has 0 saturated heterocycles. The average molecular weight is 247 g/mol. The second-order valence-electron chi connectivity index (χ2n) is 3.34. The summed E-state index contributed by atoms with van der Waals surface area (Å²) in [7, 11) is 1.72. The first-order valence-electron chi connectivity index (χ1n) is 5.05. The summed E-state index contributed by atoms with van der Waals surface area (Å²) in [6.45, 7) is 0.476. The minimum Gasteiger partial charge on any atom is -0.396 e. The number of halogens is 2. The molecule has 1 rings (SSSR count). The quantitative estimate of drug-likeness (QED) is 0.597. The van der Waals surface area contributed by atoms with Crippen molar-refractivity contribution in [2.75, 3.05) is 19.4 Å². The molecule has 0 aliphatic heterocycles. The average Bonchev–Trinajstić information content (AvgIpc) is 2.23. The lowest BCUT2D eigenvalue weighted by Gasteiger charge is -2.07. The third-order valence-corrected chi connectivity index (χ3v) is 3.16. The SMILES string of the molecule is CNCc1cc(F)c(SCCCO)c(F)c1. The van der Waals surface area contributed by atoms with E-state index in [-0.39, 0.29) is 11.5 Å². The van der Waals surface area contributed by atoms with E-state index in [1.807, 2.05) is 0 Å². The zero-order valence-corrected chi connectivity index (χ0v) is 9.91. The maximum absolute atomic E-state index is 13.5. The number of benzene rings is 1. The maximum Gasteiger partial charge on any atom is 0.140 e. The Labute approximate surface area is 98.1 Å². The smallest absolute Gasteiger partial charge is 0.140 e. The summed E-state index contributed by atoms with van der Waals surface area (Å²) in [5.74, 6) is -0.559. The first kappa shape index (κ1) is 13.4. The van der Waals surface area contributed by atoms with Crippen LogP contribution < -0.4 is 5.32 Å². The molecule has 2 nitrogen and oxygen atoms in total. The molecule has 0 aromatic heterocycles. The van der Waals surface area contributed by atoms with E-state index in [1.54, 1.807) is 7.05 Å². The monoisotopic (exact) mass is 247 g/mol. The maximum atomic E-state index is 13.5. The molecule has 16 heavy (non-hydrogen) atoms. The van der Waals surface area contributed by atoms with E-state index < -0.39 is 11.6 Å². The Hall–Kier alpha value is -0.650. The molecular formula is C11H15F2NOS. The van der Waals surface area contributed by atoms with E-state index in [2.05, 4.69) is 5.32 Å². The summed E-state index contributed by atoms with van der Waals surface area (Å²) in [4.78, 5) is 0.0355. The Morgan fingerprint density at radius 2 is 1.94 bits per heavy atom. The largest absolute Gasteiger partial charge is 0.396 e. The van der Waals surface area contributed by atoms with Gasteiger partial charge >= 0.3 is 0 Å². The van der Waals surface area contributed by atoms with Crippen LogP contribution in [-0.4, -0.2) is 24.5 Å². The minimum atomic E-state index is -0.534. The molecule has 0 unspecified atom stereocenters. The summed E-state index contributed by atoms with van der Waals surface area (Å²) < 4.78 is 27.0. The molecule has 0 saturated carbocycles. The molecule has 90 valence electrons. The second kappa shape index (κ2) is 6.83. The topological polar surface area (TPSA) is 32.3 Å². The van der Waals surface area contributed by atoms with Crippen molar-refractivity contribution < 1.29 is 13.9 Å². The van der Waals surface area contributed by atoms with Crippen LogP contribution >= 0.6 is 11.8 Å². The van der Waals surface area contributed by atoms with Crippen molar-refractivity contribution in [3.8, 4) is 0 Å². The van der Waals surface area contributed by atoms with Gasteiger partial charge < -0.3 is 10.4 Å². The van der Waals surface area contributed by atoms with E-state index in [0.29, 0.717) is 24.3 Å². The lowest BCUT2D eigenvalue weighted by Crippen LogP contribution is -2.06. The molecule has 2 N–H and O–H groups in total.